The topological polar surface area (TPSA) is 208 Å². The van der Waals surface area contributed by atoms with Crippen molar-refractivity contribution in [1.82, 2.24) is 20.4 Å². The number of hydrogen-bond acceptors (Lipinski definition) is 16. The summed E-state index contributed by atoms with van der Waals surface area (Å²) >= 11 is 68.8. The van der Waals surface area contributed by atoms with Gasteiger partial charge in [0, 0.05) is 231 Å². The van der Waals surface area contributed by atoms with E-state index in [1.165, 1.54) is 29.5 Å². The van der Waals surface area contributed by atoms with Gasteiger partial charge >= 0.3 is 50.5 Å². The number of rotatable bonds is 24. The third-order valence-electron chi connectivity index (χ3n) is 21.6. The molecule has 7 N–H and O–H groups in total. The number of unbranched alkanes of at least 4 members (excludes halogenated alkanes) is 4. The number of halogens is 17. The average Bonchev–Trinajstić information content (AvgIpc) is 0.835. The molecule has 0 atom stereocenters. The number of nitrogens with one attached hydrogen (secondary N) is 6. The molecule has 0 spiro atoms. The van der Waals surface area contributed by atoms with E-state index in [0.717, 1.165) is 273 Å². The van der Waals surface area contributed by atoms with E-state index in [-0.39, 0.29) is 60.8 Å². The molecular formula is C93H116Br3Cl8I6N12O8-. The Kier molecular flexibility index (Phi) is 59.8. The molecule has 0 aromatic heterocycles. The van der Waals surface area contributed by atoms with Gasteiger partial charge in [0.05, 0.1) is 82.8 Å². The second-order valence-electron chi connectivity index (χ2n) is 30.4. The van der Waals surface area contributed by atoms with Crippen molar-refractivity contribution < 1.29 is 51.8 Å². The number of nitrogens with zero attached hydrogens (tertiary/aromatic N) is 6. The Morgan fingerprint density at radius 3 is 0.885 bits per heavy atom. The Balaban J connectivity index is 0.000000241. The van der Waals surface area contributed by atoms with Gasteiger partial charge in [-0.3, -0.25) is 29.0 Å². The number of carbonyl (C=O) groups is 4. The van der Waals surface area contributed by atoms with E-state index < -0.39 is 0 Å². The van der Waals surface area contributed by atoms with Crippen LogP contribution >= 0.6 is 239 Å². The molecule has 0 unspecified atom stereocenters. The van der Waals surface area contributed by atoms with Gasteiger partial charge in [0.1, 0.15) is 23.0 Å². The second kappa shape index (κ2) is 66.6. The molecule has 4 amide bonds. The smallest absolute Gasteiger partial charge is 0.224 e. The van der Waals surface area contributed by atoms with Crippen LogP contribution in [-0.2, 0) is 44.9 Å². The molecule has 4 fully saturated rings. The number of phenolic OH excluding ortho intramolecular Hbond substituents is 1. The summed E-state index contributed by atoms with van der Waals surface area (Å²) < 4.78 is 17.4. The van der Waals surface area contributed by atoms with Crippen molar-refractivity contribution in [3.05, 3.63) is 208 Å². The van der Waals surface area contributed by atoms with E-state index in [2.05, 4.69) is 196 Å². The van der Waals surface area contributed by atoms with Crippen molar-refractivity contribution in [3.63, 3.8) is 0 Å². The number of hydrogen-bond donors (Lipinski definition) is 7. The van der Waals surface area contributed by atoms with E-state index in [9.17, 15) is 19.2 Å². The summed E-state index contributed by atoms with van der Waals surface area (Å²) in [6.07, 6.45) is 14.4. The Morgan fingerprint density at radius 2 is 0.600 bits per heavy atom. The Bertz CT molecular complexity index is 4530. The fraction of sp³-hybridized carbons (Fsp3) is 0.441. The molecule has 8 heterocycles. The molecule has 716 valence electrons. The van der Waals surface area contributed by atoms with E-state index in [0.29, 0.717) is 92.3 Å². The summed E-state index contributed by atoms with van der Waals surface area (Å²) in [5.41, 5.74) is 12.2. The number of phenols is 1. The summed E-state index contributed by atoms with van der Waals surface area (Å²) in [5.74, 6) is 2.94. The Morgan fingerprint density at radius 1 is 0.346 bits per heavy atom. The molecule has 0 saturated carbocycles. The predicted octanol–water partition coefficient (Wildman–Crippen LogP) is 23.3. The van der Waals surface area contributed by atoms with Gasteiger partial charge < -0.3 is 70.8 Å². The zero-order valence-electron chi connectivity index (χ0n) is 71.6. The van der Waals surface area contributed by atoms with E-state index >= 15 is 0 Å². The average molecular weight is 2810 g/mol. The first kappa shape index (κ1) is 117. The van der Waals surface area contributed by atoms with Crippen LogP contribution in [0.15, 0.2) is 146 Å². The molecule has 4 saturated heterocycles. The maximum Gasteiger partial charge on any atom is 0.224 e. The Hall–Kier alpha value is -1.98. The van der Waals surface area contributed by atoms with Crippen LogP contribution in [0, 0.1) is 0 Å². The van der Waals surface area contributed by atoms with Crippen molar-refractivity contribution in [1.29, 1.82) is 0 Å². The number of fused-ring (bicyclic) bond motifs is 4. The summed E-state index contributed by atoms with van der Waals surface area (Å²) in [6, 6.07) is 46.1. The minimum atomic E-state index is 0. The minimum absolute atomic E-state index is 0. The van der Waals surface area contributed by atoms with Crippen LogP contribution in [0.2, 0.25) is 40.2 Å². The molecule has 0 bridgehead atoms. The molecule has 8 aliphatic rings. The number of benzene rings is 8. The van der Waals surface area contributed by atoms with Gasteiger partial charge in [-0.25, -0.2) is 0 Å². The molecule has 0 aliphatic carbocycles. The van der Waals surface area contributed by atoms with Crippen LogP contribution in [0.25, 0.3) is 0 Å². The fourth-order valence-electron chi connectivity index (χ4n) is 14.7. The standard InChI is InChI=1S/2C23H27Cl2N3O2.C13H16BrNO2.2C10H12Cl2N2.C9H9NO2.C4H8Br2.CH4.I3.I2.HI/c2*24-19-4-3-5-21(23(19)25)28-13-11-27(12-14-28)10-1-2-15-30-18-8-6-17-7-9-22(29)26-20(17)16-18;14-7-1-2-8-17-11-5-3-10-4-6-13(16)15-12(10)9-11;2*11-8-2-1-3-9(10(8)12)14-6-4-13-5-7-14;11-7-3-1-6-2-4-9(12)10-8(6)5-7;5-3-1-2-4-6;;1-3-2;1-2;/h2*3-6,8,16H,1-2,7,9-15H2,(H,26,29);3,5,9H,1-2,4,6-8H2,(H,15,16);2*1-3,13H,4-7H2;1,3,5,11H,2,4H2,(H,10,12);1-4H2;1H4;;;1H/q;;;;;;;;-1;;. The van der Waals surface area contributed by atoms with Gasteiger partial charge in [-0.2, -0.15) is 0 Å². The largest absolute Gasteiger partial charge is 0.508 e. The van der Waals surface area contributed by atoms with Crippen molar-refractivity contribution >= 4 is 308 Å². The zero-order valence-corrected chi connectivity index (χ0v) is 95.5. The first-order chi connectivity index (χ1) is 62.1. The fourth-order valence-corrected chi connectivity index (χ4v) is 17.5. The number of piperazine rings is 4. The van der Waals surface area contributed by atoms with Crippen LogP contribution < -0.4 is 79.0 Å². The molecule has 8 aromatic rings. The van der Waals surface area contributed by atoms with Crippen LogP contribution in [0.5, 0.6) is 23.0 Å². The molecular weight excluding hydrogens is 2700 g/mol. The minimum Gasteiger partial charge on any atom is -0.508 e. The van der Waals surface area contributed by atoms with Crippen LogP contribution in [0.1, 0.15) is 107 Å². The third-order valence-corrected chi connectivity index (χ3v) is 26.5. The van der Waals surface area contributed by atoms with Crippen LogP contribution in [0.4, 0.5) is 45.5 Å². The van der Waals surface area contributed by atoms with Gasteiger partial charge in [0.15, 0.2) is 0 Å². The second-order valence-corrected chi connectivity index (χ2v) is 52.2. The summed E-state index contributed by atoms with van der Waals surface area (Å²) in [7, 11) is 0. The van der Waals surface area contributed by atoms with Gasteiger partial charge in [0.2, 0.25) is 23.6 Å². The molecule has 8 aromatic carbocycles. The SMILES string of the molecule is BrCCCCBr.C.Clc1cccc(N2CCNCC2)c1Cl.Clc1cccc(N2CCNCC2)c1Cl.I.II.I[I-]I.O=C1CCc2ccc(O)cc2N1.O=C1CCc2ccc(OCCCCBr)cc2N1.O=C1CCc2ccc(OCCCCN3CCN(c4cccc(Cl)c4Cl)CC3)cc2N1.O=C1CCc2ccc(OCCCCN3CCN(c4cccc(Cl)c4Cl)CC3)cc2N1. The van der Waals surface area contributed by atoms with Gasteiger partial charge in [-0.1, -0.05) is 197 Å². The molecule has 16 rings (SSSR count). The van der Waals surface area contributed by atoms with Crippen molar-refractivity contribution in [2.24, 2.45) is 0 Å². The number of carbonyl (C=O) groups excluding carboxylic acids is 4. The normalized spacial score (nSPS) is 15.3. The first-order valence-corrected chi connectivity index (χ1v) is 68.0. The number of ether oxygens (including phenoxy) is 3. The molecule has 37 heteroatoms. The number of aromatic hydroxyl groups is 1. The van der Waals surface area contributed by atoms with Crippen molar-refractivity contribution in [3.8, 4) is 23.0 Å². The van der Waals surface area contributed by atoms with Crippen molar-refractivity contribution in [2.75, 3.05) is 194 Å². The van der Waals surface area contributed by atoms with E-state index in [4.69, 9.17) is 112 Å². The molecule has 20 nitrogen and oxygen atoms in total. The van der Waals surface area contributed by atoms with Crippen LogP contribution in [0.3, 0.4) is 0 Å². The maximum atomic E-state index is 11.5. The van der Waals surface area contributed by atoms with Crippen molar-refractivity contribution in [2.45, 2.75) is 110 Å². The predicted molar refractivity (Wildman–Crippen MR) is 602 cm³/mol. The number of amides is 4. The van der Waals surface area contributed by atoms with Gasteiger partial charge in [0.25, 0.3) is 0 Å². The molecule has 0 radical (unpaired) electrons. The summed E-state index contributed by atoms with van der Waals surface area (Å²) in [5, 5.41) is 35.5. The maximum absolute atomic E-state index is 11.5. The third kappa shape index (κ3) is 41.1. The summed E-state index contributed by atoms with van der Waals surface area (Å²) in [6.45, 7) is 20.1. The van der Waals surface area contributed by atoms with E-state index in [1.807, 2.05) is 121 Å². The number of alkyl halides is 3. The number of anilines is 8. The Labute approximate surface area is 904 Å². The first-order valence-electron chi connectivity index (χ1n) is 42.8. The van der Waals surface area contributed by atoms with Gasteiger partial charge in [-0.05, 0) is 185 Å². The summed E-state index contributed by atoms with van der Waals surface area (Å²) in [4.78, 5) is 59.4. The molecule has 8 aliphatic heterocycles. The zero-order chi connectivity index (χ0) is 92.0. The van der Waals surface area contributed by atoms with Crippen LogP contribution in [-0.4, -0.2) is 192 Å². The monoisotopic (exact) mass is 2810 g/mol. The quantitative estimate of drug-likeness (QED) is 0.0171. The van der Waals surface area contributed by atoms with Gasteiger partial charge in [-0.15, -0.1) is 24.0 Å². The number of aryl methyl sites for hydroxylation is 4. The molecule has 130 heavy (non-hydrogen) atoms. The van der Waals surface area contributed by atoms with E-state index in [1.54, 1.807) is 12.1 Å².